The number of hydrogen-bond acceptors (Lipinski definition) is 31. The number of esters is 1. The van der Waals surface area contributed by atoms with E-state index in [0.717, 1.165) is 55.7 Å². The molecular weight excluding hydrogens is 1830 g/mol. The molecule has 0 aliphatic carbocycles. The zero-order valence-electron chi connectivity index (χ0n) is 80.5. The highest BCUT2D eigenvalue weighted by Crippen LogP contribution is 2.38. The van der Waals surface area contributed by atoms with Crippen LogP contribution in [-0.4, -0.2) is 237 Å². The van der Waals surface area contributed by atoms with Gasteiger partial charge in [0.2, 0.25) is 29.2 Å². The van der Waals surface area contributed by atoms with Crippen LogP contribution >= 0.6 is 36.6 Å². The van der Waals surface area contributed by atoms with Crippen LogP contribution in [0.1, 0.15) is 250 Å². The third kappa shape index (κ3) is 27.1. The summed E-state index contributed by atoms with van der Waals surface area (Å²) in [6, 6.07) is 33.9. The molecule has 8 heterocycles. The van der Waals surface area contributed by atoms with Crippen molar-refractivity contribution < 1.29 is 100 Å². The molecule has 139 heavy (non-hydrogen) atoms. The standard InChI is InChI=1S/C37H38N4O7S.C37H39N3O9.C31H45N3O5S2/c1-4-40-23-29(34(44)30(13-8-9-15-38-24-42)39-48-36(46)31-14-10-20-49-31)27-21-26(35(45)37(2,3)41-16-18-47-19-17-41)22-28(32(27)40)33(43)25-11-6-5-7-12-25;1-5-7-18-46-24-30(38-49-36(44)32-9-8-19-47-32)34(42)25-10-12-26(13-11-25)40-23-29(35(43)37(3,4)39-16-20-45-21-17-39)28-22-27(14-15-31(28)40)48-33(41)6-2;1-5-7-8-9-12-27(35)39-32-26(11-10-17-40)29(36)25-20-33(6-2)28-23(21-41)18-22(19-24(25)28)30(37)31(3,4)34-13-15-38-16-14-34/h5-7,10-12,14,20-23H,4,8-9,13,15-19H2,1-3H3;6,8-15,19,22-23H,2,5,7,16-18,20-21,24H2,1,3-4H3;18-20,40-41H,5-17,21H2,1-4H3/b39-30+;38-30+;32-26+. The predicted octanol–water partition coefficient (Wildman–Crippen LogP) is 18.1. The summed E-state index contributed by atoms with van der Waals surface area (Å²) in [7, 11) is 0. The first kappa shape index (κ1) is 107. The lowest BCUT2D eigenvalue weighted by atomic mass is 9.87. The van der Waals surface area contributed by atoms with Crippen LogP contribution in [0.5, 0.6) is 5.75 Å². The molecule has 736 valence electrons. The monoisotopic (exact) mass is 1950 g/mol. The van der Waals surface area contributed by atoms with Crippen molar-refractivity contribution in [3.8, 4) is 11.4 Å². The number of furan rings is 1. The van der Waals surface area contributed by atoms with Gasteiger partial charge in [-0.15, -0.1) is 11.3 Å². The zero-order valence-corrected chi connectivity index (χ0v) is 83.1. The summed E-state index contributed by atoms with van der Waals surface area (Å²) in [6.07, 6.45) is 16.9. The lowest BCUT2D eigenvalue weighted by molar-refractivity contribution is -0.143. The van der Waals surface area contributed by atoms with Crippen molar-refractivity contribution in [1.29, 1.82) is 0 Å². The van der Waals surface area contributed by atoms with Crippen LogP contribution in [0.2, 0.25) is 0 Å². The Morgan fingerprint density at radius 3 is 1.63 bits per heavy atom. The van der Waals surface area contributed by atoms with Gasteiger partial charge in [0.15, 0.2) is 28.8 Å². The van der Waals surface area contributed by atoms with Crippen molar-refractivity contribution in [2.75, 3.05) is 104 Å². The number of nitrogens with zero attached hydrogens (tertiary/aromatic N) is 10. The Morgan fingerprint density at radius 2 is 1.07 bits per heavy atom. The molecule has 0 spiro atoms. The van der Waals surface area contributed by atoms with Gasteiger partial charge in [0.05, 0.1) is 92.2 Å². The van der Waals surface area contributed by atoms with Gasteiger partial charge in [0.1, 0.15) is 22.1 Å². The minimum absolute atomic E-state index is 0.0172. The molecule has 5 aromatic heterocycles. The lowest BCUT2D eigenvalue weighted by Gasteiger charge is -2.39. The maximum absolute atomic E-state index is 14.4. The maximum Gasteiger partial charge on any atom is 0.400 e. The number of aliphatic imine (C=N–C) groups is 1. The average molecular weight is 1960 g/mol. The molecule has 0 amide bonds. The molecule has 0 radical (unpaired) electrons. The second kappa shape index (κ2) is 51.6. The number of fused-ring (bicyclic) bond motifs is 3. The summed E-state index contributed by atoms with van der Waals surface area (Å²) >= 11 is 10.1. The number of oxime groups is 3. The average Bonchev–Trinajstić information content (AvgIpc) is 1.62. The quantitative estimate of drug-likeness (QED) is 0.00342. The van der Waals surface area contributed by atoms with Crippen molar-refractivity contribution in [1.82, 2.24) is 28.4 Å². The second-order valence-electron chi connectivity index (χ2n) is 34.9. The van der Waals surface area contributed by atoms with E-state index in [1.54, 1.807) is 109 Å². The molecule has 0 unspecified atom stereocenters. The minimum Gasteiger partial charge on any atom is -0.457 e. The van der Waals surface area contributed by atoms with Gasteiger partial charge < -0.3 is 56.3 Å². The van der Waals surface area contributed by atoms with Crippen LogP contribution in [0.4, 0.5) is 0 Å². The van der Waals surface area contributed by atoms with E-state index in [2.05, 4.69) is 73.9 Å². The number of aromatic nitrogens is 3. The van der Waals surface area contributed by atoms with Crippen LogP contribution in [0.25, 0.3) is 38.4 Å². The smallest absolute Gasteiger partial charge is 0.400 e. The summed E-state index contributed by atoms with van der Waals surface area (Å²) < 4.78 is 38.3. The number of carbonyl (C=O) groups excluding carboxylic acids is 12. The number of unbranched alkanes of at least 4 members (excludes halogenated alkanes) is 5. The van der Waals surface area contributed by atoms with Gasteiger partial charge in [-0.2, -0.15) is 25.3 Å². The van der Waals surface area contributed by atoms with Gasteiger partial charge in [-0.3, -0.25) is 48.3 Å². The second-order valence-corrected chi connectivity index (χ2v) is 36.7. The number of thiophene rings is 1. The Morgan fingerprint density at radius 1 is 0.511 bits per heavy atom. The minimum atomic E-state index is -0.922. The van der Waals surface area contributed by atoms with E-state index in [0.29, 0.717) is 207 Å². The highest BCUT2D eigenvalue weighted by atomic mass is 32.1. The summed E-state index contributed by atoms with van der Waals surface area (Å²) in [5.74, 6) is -3.33. The molecule has 3 fully saturated rings. The Labute approximate surface area is 823 Å². The van der Waals surface area contributed by atoms with Crippen molar-refractivity contribution in [2.45, 2.75) is 182 Å². The van der Waals surface area contributed by atoms with Gasteiger partial charge in [0, 0.05) is 162 Å². The molecule has 0 atom stereocenters. The topological polar surface area (TPSA) is 366 Å². The number of benzene rings is 5. The first-order valence-electron chi connectivity index (χ1n) is 47.0. The van der Waals surface area contributed by atoms with Crippen LogP contribution in [0.3, 0.4) is 0 Å². The largest absolute Gasteiger partial charge is 0.457 e. The molecule has 0 N–H and O–H groups in total. The first-order chi connectivity index (χ1) is 67.0. The van der Waals surface area contributed by atoms with E-state index in [1.807, 2.05) is 100 Å². The van der Waals surface area contributed by atoms with E-state index in [4.69, 9.17) is 42.6 Å². The molecule has 3 aliphatic rings. The van der Waals surface area contributed by atoms with Crippen LogP contribution in [0.15, 0.2) is 189 Å². The third-order valence-electron chi connectivity index (χ3n) is 24.7. The number of aryl methyl sites for hydroxylation is 2. The summed E-state index contributed by atoms with van der Waals surface area (Å²) in [6.45, 7) is 31.4. The van der Waals surface area contributed by atoms with E-state index in [-0.39, 0.29) is 94.7 Å². The number of carbonyl (C=O) groups is 11. The van der Waals surface area contributed by atoms with Crippen molar-refractivity contribution in [2.24, 2.45) is 20.5 Å². The van der Waals surface area contributed by atoms with Gasteiger partial charge in [-0.05, 0) is 202 Å². The van der Waals surface area contributed by atoms with Gasteiger partial charge in [0.25, 0.3) is 0 Å². The summed E-state index contributed by atoms with van der Waals surface area (Å²) in [5.41, 5.74) is 4.12. The molecule has 5 aromatic carbocycles. The summed E-state index contributed by atoms with van der Waals surface area (Å²) in [5, 5.41) is 15.3. The maximum atomic E-state index is 14.4. The molecule has 31 nitrogen and oxygen atoms in total. The molecular formula is C105H122N10O21S3. The Bertz CT molecular complexity index is 6180. The summed E-state index contributed by atoms with van der Waals surface area (Å²) in [4.78, 5) is 184. The van der Waals surface area contributed by atoms with Crippen LogP contribution in [0, 0.1) is 0 Å². The van der Waals surface area contributed by atoms with Crippen molar-refractivity contribution >= 4 is 157 Å². The SMILES string of the molecule is C=CC(=O)Oc1ccc2c(c1)c(C(=O)C(C)(C)N1CCOCC1)cn2-c1ccc(C(=O)/C(COCCCC)=N/OC(=O)c2ccco2)cc1.CCCCCCC(=O)O/N=C(\CCCS)C(=O)c1cn(CC)c2c(CS)cc(C(=O)C(C)(C)N3CCOCC3)cc12.CCn1cc(C(=O)/C(CCCCN=C=O)=N/OC(=O)c2cccs2)c2cc(C(=O)C(C)(C)N3CCOCC3)cc(C(=O)c3ccccc3)c21. The molecule has 0 bridgehead atoms. The Kier molecular flexibility index (Phi) is 39.8. The van der Waals surface area contributed by atoms with E-state index < -0.39 is 52.1 Å². The molecule has 3 aliphatic heterocycles. The van der Waals surface area contributed by atoms with Gasteiger partial charge >= 0.3 is 23.9 Å². The predicted molar refractivity (Wildman–Crippen MR) is 539 cm³/mol. The fourth-order valence-corrected chi connectivity index (χ4v) is 17.7. The first-order valence-corrected chi connectivity index (χ1v) is 49.2. The molecule has 3 saturated heterocycles. The van der Waals surface area contributed by atoms with Crippen LogP contribution in [-0.2, 0) is 66.7 Å². The highest BCUT2D eigenvalue weighted by Gasteiger charge is 2.42. The fraction of sp³-hybridized carbons (Fsp3) is 0.419. The number of thiol groups is 2. The fourth-order valence-electron chi connectivity index (χ4n) is 16.7. The molecule has 10 aromatic rings. The Hall–Kier alpha value is -12.2. The van der Waals surface area contributed by atoms with Crippen molar-refractivity contribution in [3.63, 3.8) is 0 Å². The van der Waals surface area contributed by atoms with Gasteiger partial charge in [-0.1, -0.05) is 98.0 Å². The number of rotatable bonds is 46. The Balaban J connectivity index is 0.000000201. The number of morpholine rings is 3. The number of ether oxygens (including phenoxy) is 5. The number of isocyanates is 1. The van der Waals surface area contributed by atoms with Crippen molar-refractivity contribution in [3.05, 3.63) is 225 Å². The normalized spacial score (nSPS) is 14.3. The van der Waals surface area contributed by atoms with E-state index in [1.165, 1.54) is 35.8 Å². The molecule has 13 rings (SSSR count). The van der Waals surface area contributed by atoms with E-state index >= 15 is 0 Å². The number of hydrogen-bond donors (Lipinski definition) is 2. The highest BCUT2D eigenvalue weighted by molar-refractivity contribution is 7.80. The molecule has 34 heteroatoms. The van der Waals surface area contributed by atoms with E-state index in [9.17, 15) is 57.5 Å². The lowest BCUT2D eigenvalue weighted by Crippen LogP contribution is -2.54. The van der Waals surface area contributed by atoms with Crippen LogP contribution < -0.4 is 4.74 Å². The number of ketones is 7. The number of Topliss-reactive ketones (excluding diaryl/α,β-unsaturated/α-hetero) is 6. The molecule has 0 saturated carbocycles. The van der Waals surface area contributed by atoms with Gasteiger partial charge in [-0.25, -0.2) is 29.0 Å². The third-order valence-corrected chi connectivity index (χ3v) is 26.2. The zero-order chi connectivity index (χ0) is 99.9.